The van der Waals surface area contributed by atoms with Gasteiger partial charge in [0, 0.05) is 11.0 Å². The van der Waals surface area contributed by atoms with Gasteiger partial charge in [0.1, 0.15) is 12.1 Å². The van der Waals surface area contributed by atoms with Crippen molar-refractivity contribution in [3.8, 4) is 11.6 Å². The highest BCUT2D eigenvalue weighted by molar-refractivity contribution is 9.10. The molecule has 1 N–H and O–H groups in total. The summed E-state index contributed by atoms with van der Waals surface area (Å²) in [6.45, 7) is 3.88. The van der Waals surface area contributed by atoms with Crippen LogP contribution in [0.15, 0.2) is 47.7 Å². The number of nitrogens with zero attached hydrogens (tertiary/aromatic N) is 3. The number of ether oxygens (including phenoxy) is 1. The Morgan fingerprint density at radius 3 is 2.71 bits per heavy atom. The maximum atomic E-state index is 11.2. The standard InChI is InChI=1S/C13H11BrN4O3/c1-2-7-15-12-11(18(19)20)13(17-8-16-12)21-10-5-3-9(14)4-6-10/h2-6,8H,1,7H2,(H,15,16,17). The Morgan fingerprint density at radius 2 is 2.10 bits per heavy atom. The third-order valence-electron chi connectivity index (χ3n) is 2.41. The fourth-order valence-electron chi connectivity index (χ4n) is 1.51. The molecule has 0 saturated carbocycles. The average molecular weight is 351 g/mol. The molecular weight excluding hydrogens is 340 g/mol. The van der Waals surface area contributed by atoms with Crippen molar-refractivity contribution >= 4 is 27.4 Å². The lowest BCUT2D eigenvalue weighted by Gasteiger charge is -2.08. The molecule has 21 heavy (non-hydrogen) atoms. The van der Waals surface area contributed by atoms with E-state index in [1.165, 1.54) is 6.33 Å². The van der Waals surface area contributed by atoms with Crippen molar-refractivity contribution in [3.63, 3.8) is 0 Å². The van der Waals surface area contributed by atoms with Crippen molar-refractivity contribution in [2.45, 2.75) is 0 Å². The second-order valence-electron chi connectivity index (χ2n) is 3.86. The SMILES string of the molecule is C=CCNc1ncnc(Oc2ccc(Br)cc2)c1[N+](=O)[O-]. The van der Waals surface area contributed by atoms with Gasteiger partial charge in [-0.1, -0.05) is 22.0 Å². The van der Waals surface area contributed by atoms with E-state index in [0.717, 1.165) is 4.47 Å². The van der Waals surface area contributed by atoms with Crippen LogP contribution in [0.4, 0.5) is 11.5 Å². The zero-order chi connectivity index (χ0) is 15.2. The van der Waals surface area contributed by atoms with Gasteiger partial charge in [0.25, 0.3) is 0 Å². The van der Waals surface area contributed by atoms with Crippen molar-refractivity contribution in [1.29, 1.82) is 0 Å². The zero-order valence-corrected chi connectivity index (χ0v) is 12.4. The van der Waals surface area contributed by atoms with Gasteiger partial charge in [-0.2, -0.15) is 4.98 Å². The molecule has 0 aliphatic carbocycles. The fraction of sp³-hybridized carbons (Fsp3) is 0.0769. The summed E-state index contributed by atoms with van der Waals surface area (Å²) in [7, 11) is 0. The topological polar surface area (TPSA) is 90.2 Å². The van der Waals surface area contributed by atoms with Crippen LogP contribution in [0.5, 0.6) is 11.6 Å². The minimum absolute atomic E-state index is 0.0852. The van der Waals surface area contributed by atoms with Crippen molar-refractivity contribution in [2.75, 3.05) is 11.9 Å². The Labute approximate surface area is 129 Å². The van der Waals surface area contributed by atoms with E-state index in [9.17, 15) is 10.1 Å². The van der Waals surface area contributed by atoms with E-state index in [-0.39, 0.29) is 17.4 Å². The largest absolute Gasteiger partial charge is 0.434 e. The lowest BCUT2D eigenvalue weighted by molar-refractivity contribution is -0.385. The summed E-state index contributed by atoms with van der Waals surface area (Å²) < 4.78 is 6.34. The molecule has 7 nitrogen and oxygen atoms in total. The summed E-state index contributed by atoms with van der Waals surface area (Å²) in [4.78, 5) is 18.3. The number of anilines is 1. The van der Waals surface area contributed by atoms with Gasteiger partial charge in [-0.15, -0.1) is 6.58 Å². The zero-order valence-electron chi connectivity index (χ0n) is 10.8. The molecule has 108 valence electrons. The second-order valence-corrected chi connectivity index (χ2v) is 4.77. The normalized spacial score (nSPS) is 9.95. The van der Waals surface area contributed by atoms with Crippen LogP contribution in [-0.4, -0.2) is 21.4 Å². The first kappa shape index (κ1) is 14.9. The number of nitro groups is 1. The van der Waals surface area contributed by atoms with E-state index in [2.05, 4.69) is 37.8 Å². The van der Waals surface area contributed by atoms with Gasteiger partial charge in [-0.05, 0) is 24.3 Å². The van der Waals surface area contributed by atoms with Crippen molar-refractivity contribution in [2.24, 2.45) is 0 Å². The molecule has 1 aromatic carbocycles. The molecule has 1 heterocycles. The Kier molecular flexibility index (Phi) is 4.83. The molecule has 0 saturated heterocycles. The van der Waals surface area contributed by atoms with E-state index in [0.29, 0.717) is 12.3 Å². The first-order valence-corrected chi connectivity index (χ1v) is 6.68. The van der Waals surface area contributed by atoms with E-state index >= 15 is 0 Å². The molecule has 0 atom stereocenters. The highest BCUT2D eigenvalue weighted by atomic mass is 79.9. The summed E-state index contributed by atoms with van der Waals surface area (Å²) in [6, 6.07) is 6.87. The fourth-order valence-corrected chi connectivity index (χ4v) is 1.78. The van der Waals surface area contributed by atoms with Crippen LogP contribution >= 0.6 is 15.9 Å². The lowest BCUT2D eigenvalue weighted by Crippen LogP contribution is -2.06. The number of halogens is 1. The molecule has 1 aromatic heterocycles. The van der Waals surface area contributed by atoms with E-state index in [1.807, 2.05) is 0 Å². The van der Waals surface area contributed by atoms with Gasteiger partial charge in [-0.25, -0.2) is 4.98 Å². The van der Waals surface area contributed by atoms with Gasteiger partial charge in [-0.3, -0.25) is 10.1 Å². The summed E-state index contributed by atoms with van der Waals surface area (Å²) in [6.07, 6.45) is 2.77. The molecule has 0 bridgehead atoms. The number of hydrogen-bond acceptors (Lipinski definition) is 6. The molecule has 0 aliphatic heterocycles. The maximum Gasteiger partial charge on any atom is 0.373 e. The molecule has 8 heteroatoms. The van der Waals surface area contributed by atoms with Gasteiger partial charge in [0.05, 0.1) is 4.92 Å². The number of aromatic nitrogens is 2. The van der Waals surface area contributed by atoms with Crippen LogP contribution in [-0.2, 0) is 0 Å². The third kappa shape index (κ3) is 3.76. The maximum absolute atomic E-state index is 11.2. The minimum atomic E-state index is -0.584. The van der Waals surface area contributed by atoms with Gasteiger partial charge < -0.3 is 10.1 Å². The Hall–Kier alpha value is -2.48. The molecular formula is C13H11BrN4O3. The number of rotatable bonds is 6. The van der Waals surface area contributed by atoms with E-state index < -0.39 is 4.92 Å². The van der Waals surface area contributed by atoms with Crippen LogP contribution in [0.2, 0.25) is 0 Å². The third-order valence-corrected chi connectivity index (χ3v) is 2.94. The monoisotopic (exact) mass is 350 g/mol. The van der Waals surface area contributed by atoms with Crippen molar-refractivity contribution in [3.05, 3.63) is 57.8 Å². The smallest absolute Gasteiger partial charge is 0.373 e. The van der Waals surface area contributed by atoms with Crippen molar-refractivity contribution in [1.82, 2.24) is 9.97 Å². The van der Waals surface area contributed by atoms with Crippen LogP contribution in [0.1, 0.15) is 0 Å². The molecule has 0 fully saturated rings. The predicted octanol–water partition coefficient (Wildman–Crippen LogP) is 3.54. The number of hydrogen-bond donors (Lipinski definition) is 1. The van der Waals surface area contributed by atoms with Crippen LogP contribution in [0, 0.1) is 10.1 Å². The minimum Gasteiger partial charge on any atom is -0.434 e. The van der Waals surface area contributed by atoms with Crippen LogP contribution in [0.25, 0.3) is 0 Å². The first-order chi connectivity index (χ1) is 10.1. The number of nitrogens with one attached hydrogen (secondary N) is 1. The van der Waals surface area contributed by atoms with Crippen molar-refractivity contribution < 1.29 is 9.66 Å². The molecule has 2 rings (SSSR count). The van der Waals surface area contributed by atoms with Gasteiger partial charge >= 0.3 is 11.6 Å². The van der Waals surface area contributed by atoms with E-state index in [4.69, 9.17) is 4.74 Å². The van der Waals surface area contributed by atoms with E-state index in [1.54, 1.807) is 30.3 Å². The Bertz CT molecular complexity index is 661. The predicted molar refractivity (Wildman–Crippen MR) is 81.6 cm³/mol. The lowest BCUT2D eigenvalue weighted by atomic mass is 10.3. The second kappa shape index (κ2) is 6.80. The Morgan fingerprint density at radius 1 is 1.38 bits per heavy atom. The average Bonchev–Trinajstić information content (AvgIpc) is 2.47. The quantitative estimate of drug-likeness (QED) is 0.486. The number of benzene rings is 1. The summed E-state index contributed by atoms with van der Waals surface area (Å²) >= 11 is 3.30. The molecule has 0 aliphatic rings. The first-order valence-electron chi connectivity index (χ1n) is 5.89. The summed E-state index contributed by atoms with van der Waals surface area (Å²) in [5.74, 6) is 0.403. The Balaban J connectivity index is 2.35. The molecule has 2 aromatic rings. The summed E-state index contributed by atoms with van der Waals surface area (Å²) in [5.41, 5.74) is -0.317. The highest BCUT2D eigenvalue weighted by Crippen LogP contribution is 2.34. The highest BCUT2D eigenvalue weighted by Gasteiger charge is 2.24. The summed E-state index contributed by atoms with van der Waals surface area (Å²) in [5, 5.41) is 14.0. The van der Waals surface area contributed by atoms with Gasteiger partial charge in [0.2, 0.25) is 5.82 Å². The molecule has 0 radical (unpaired) electrons. The molecule has 0 unspecified atom stereocenters. The van der Waals surface area contributed by atoms with Gasteiger partial charge in [0.15, 0.2) is 0 Å². The molecule has 0 spiro atoms. The van der Waals surface area contributed by atoms with Crippen LogP contribution < -0.4 is 10.1 Å². The molecule has 0 amide bonds. The van der Waals surface area contributed by atoms with Crippen LogP contribution in [0.3, 0.4) is 0 Å².